The molecule has 2 heterocycles. The third kappa shape index (κ3) is 4.56. The first-order chi connectivity index (χ1) is 13.0. The zero-order valence-electron chi connectivity index (χ0n) is 16.5. The van der Waals surface area contributed by atoms with Crippen LogP contribution in [0.15, 0.2) is 24.3 Å². The molecule has 0 bridgehead atoms. The summed E-state index contributed by atoms with van der Waals surface area (Å²) < 4.78 is 14.8. The molecule has 1 amide bonds. The number of carbonyl (C=O) groups is 1. The van der Waals surface area contributed by atoms with E-state index in [0.29, 0.717) is 23.8 Å². The zero-order valence-corrected chi connectivity index (χ0v) is 16.5. The minimum Gasteiger partial charge on any atom is -0.352 e. The number of benzene rings is 1. The number of nitrogens with one attached hydrogen (secondary N) is 1. The van der Waals surface area contributed by atoms with Gasteiger partial charge in [-0.15, -0.1) is 0 Å². The number of rotatable bonds is 6. The van der Waals surface area contributed by atoms with Gasteiger partial charge in [-0.3, -0.25) is 4.79 Å². The van der Waals surface area contributed by atoms with Crippen molar-refractivity contribution in [2.75, 3.05) is 19.6 Å². The summed E-state index contributed by atoms with van der Waals surface area (Å²) in [5.41, 5.74) is 2.79. The number of aromatic nitrogens is 2. The molecule has 1 N–H and O–H groups in total. The van der Waals surface area contributed by atoms with Crippen LogP contribution >= 0.6 is 0 Å². The highest BCUT2D eigenvalue weighted by Crippen LogP contribution is 2.19. The maximum atomic E-state index is 13.2. The van der Waals surface area contributed by atoms with Crippen molar-refractivity contribution in [1.82, 2.24) is 20.0 Å². The maximum absolute atomic E-state index is 13.2. The molecule has 1 saturated heterocycles. The fourth-order valence-electron chi connectivity index (χ4n) is 3.87. The normalized spacial score (nSPS) is 17.9. The van der Waals surface area contributed by atoms with Gasteiger partial charge in [-0.2, -0.15) is 5.10 Å². The van der Waals surface area contributed by atoms with E-state index in [4.69, 9.17) is 0 Å². The highest BCUT2D eigenvalue weighted by Gasteiger charge is 2.20. The second-order valence-corrected chi connectivity index (χ2v) is 7.42. The predicted molar refractivity (Wildman–Crippen MR) is 105 cm³/mol. The van der Waals surface area contributed by atoms with E-state index in [2.05, 4.69) is 22.2 Å². The molecule has 0 radical (unpaired) electrons. The van der Waals surface area contributed by atoms with Gasteiger partial charge < -0.3 is 10.2 Å². The molecule has 6 heteroatoms. The standard InChI is InChI=1S/C21H29FN4O/c1-15-7-4-5-13-25(15)14-6-12-23-21(27)20-16(2)24-26(17(20)3)19-10-8-18(22)9-11-19/h8-11,15H,4-7,12-14H2,1-3H3,(H,23,27). The Bertz CT molecular complexity index is 784. The Kier molecular flexibility index (Phi) is 6.26. The lowest BCUT2D eigenvalue weighted by Gasteiger charge is -2.33. The lowest BCUT2D eigenvalue weighted by Crippen LogP contribution is -2.39. The van der Waals surface area contributed by atoms with Gasteiger partial charge in [0.15, 0.2) is 0 Å². The van der Waals surface area contributed by atoms with Crippen LogP contribution in [-0.4, -0.2) is 46.3 Å². The molecule has 27 heavy (non-hydrogen) atoms. The van der Waals surface area contributed by atoms with Crippen LogP contribution < -0.4 is 5.32 Å². The first-order valence-electron chi connectivity index (χ1n) is 9.82. The largest absolute Gasteiger partial charge is 0.352 e. The van der Waals surface area contributed by atoms with Crippen LogP contribution in [0.2, 0.25) is 0 Å². The van der Waals surface area contributed by atoms with Crippen molar-refractivity contribution in [2.24, 2.45) is 0 Å². The van der Waals surface area contributed by atoms with Crippen LogP contribution in [0.4, 0.5) is 4.39 Å². The van der Waals surface area contributed by atoms with Crippen molar-refractivity contribution in [3.05, 3.63) is 47.0 Å². The second kappa shape index (κ2) is 8.65. The molecule has 1 aliphatic heterocycles. The van der Waals surface area contributed by atoms with Gasteiger partial charge in [0, 0.05) is 19.1 Å². The number of piperidine rings is 1. The molecule has 3 rings (SSSR count). The average Bonchev–Trinajstić information content (AvgIpc) is 2.95. The molecule has 1 aromatic heterocycles. The molecule has 1 aromatic carbocycles. The quantitative estimate of drug-likeness (QED) is 0.788. The number of amides is 1. The van der Waals surface area contributed by atoms with Crippen molar-refractivity contribution in [1.29, 1.82) is 0 Å². The van der Waals surface area contributed by atoms with Crippen LogP contribution in [0.3, 0.4) is 0 Å². The number of hydrogen-bond donors (Lipinski definition) is 1. The molecular weight excluding hydrogens is 343 g/mol. The van der Waals surface area contributed by atoms with Gasteiger partial charge in [-0.05, 0) is 70.8 Å². The van der Waals surface area contributed by atoms with Crippen molar-refractivity contribution in [2.45, 2.75) is 52.5 Å². The van der Waals surface area contributed by atoms with Crippen LogP contribution in [0.1, 0.15) is 54.4 Å². The van der Waals surface area contributed by atoms with E-state index < -0.39 is 0 Å². The van der Waals surface area contributed by atoms with Crippen molar-refractivity contribution < 1.29 is 9.18 Å². The molecule has 5 nitrogen and oxygen atoms in total. The van der Waals surface area contributed by atoms with Gasteiger partial charge in [0.2, 0.25) is 0 Å². The average molecular weight is 372 g/mol. The number of carbonyl (C=O) groups excluding carboxylic acids is 1. The first-order valence-corrected chi connectivity index (χ1v) is 9.82. The maximum Gasteiger partial charge on any atom is 0.255 e. The van der Waals surface area contributed by atoms with E-state index in [1.54, 1.807) is 16.8 Å². The minimum absolute atomic E-state index is 0.0925. The molecule has 0 saturated carbocycles. The lowest BCUT2D eigenvalue weighted by atomic mass is 10.0. The first kappa shape index (κ1) is 19.5. The Labute approximate surface area is 160 Å². The summed E-state index contributed by atoms with van der Waals surface area (Å²) in [5, 5.41) is 7.50. The van der Waals surface area contributed by atoms with Gasteiger partial charge in [0.25, 0.3) is 5.91 Å². The fourth-order valence-corrected chi connectivity index (χ4v) is 3.87. The number of hydrogen-bond acceptors (Lipinski definition) is 3. The molecule has 2 aromatic rings. The van der Waals surface area contributed by atoms with E-state index in [1.165, 1.54) is 31.4 Å². The highest BCUT2D eigenvalue weighted by molar-refractivity contribution is 5.96. The molecule has 1 aliphatic rings. The van der Waals surface area contributed by atoms with E-state index in [9.17, 15) is 9.18 Å². The summed E-state index contributed by atoms with van der Waals surface area (Å²) in [4.78, 5) is 15.2. The Morgan fingerprint density at radius 1 is 1.26 bits per heavy atom. The Morgan fingerprint density at radius 3 is 2.70 bits per heavy atom. The summed E-state index contributed by atoms with van der Waals surface area (Å²) >= 11 is 0. The molecule has 1 fully saturated rings. The second-order valence-electron chi connectivity index (χ2n) is 7.42. The third-order valence-electron chi connectivity index (χ3n) is 5.44. The highest BCUT2D eigenvalue weighted by atomic mass is 19.1. The van der Waals surface area contributed by atoms with E-state index in [0.717, 1.165) is 30.9 Å². The fraction of sp³-hybridized carbons (Fsp3) is 0.524. The van der Waals surface area contributed by atoms with Gasteiger partial charge >= 0.3 is 0 Å². The molecule has 1 atom stereocenters. The topological polar surface area (TPSA) is 50.2 Å². The summed E-state index contributed by atoms with van der Waals surface area (Å²) in [6.45, 7) is 8.83. The van der Waals surface area contributed by atoms with Gasteiger partial charge in [0.1, 0.15) is 5.82 Å². The summed E-state index contributed by atoms with van der Waals surface area (Å²) in [6, 6.07) is 6.76. The van der Waals surface area contributed by atoms with Crippen LogP contribution in [0.25, 0.3) is 5.69 Å². The summed E-state index contributed by atoms with van der Waals surface area (Å²) in [7, 11) is 0. The number of nitrogens with zero attached hydrogens (tertiary/aromatic N) is 3. The van der Waals surface area contributed by atoms with Gasteiger partial charge in [-0.1, -0.05) is 6.42 Å². The third-order valence-corrected chi connectivity index (χ3v) is 5.44. The monoisotopic (exact) mass is 372 g/mol. The van der Waals surface area contributed by atoms with Crippen molar-refractivity contribution >= 4 is 5.91 Å². The van der Waals surface area contributed by atoms with E-state index in [1.807, 2.05) is 13.8 Å². The summed E-state index contributed by atoms with van der Waals surface area (Å²) in [6.07, 6.45) is 4.82. The van der Waals surface area contributed by atoms with Crippen molar-refractivity contribution in [3.8, 4) is 5.69 Å². The Morgan fingerprint density at radius 2 is 2.00 bits per heavy atom. The number of aryl methyl sites for hydroxylation is 1. The SMILES string of the molecule is Cc1nn(-c2ccc(F)cc2)c(C)c1C(=O)NCCCN1CCCCC1C. The van der Waals surface area contributed by atoms with Gasteiger partial charge in [0.05, 0.1) is 22.6 Å². The zero-order chi connectivity index (χ0) is 19.4. The number of likely N-dealkylation sites (tertiary alicyclic amines) is 1. The van der Waals surface area contributed by atoms with Crippen LogP contribution in [0, 0.1) is 19.7 Å². The number of halogens is 1. The molecular formula is C21H29FN4O. The Balaban J connectivity index is 1.59. The molecule has 1 unspecified atom stereocenters. The lowest BCUT2D eigenvalue weighted by molar-refractivity contribution is 0.0947. The summed E-state index contributed by atoms with van der Waals surface area (Å²) in [5.74, 6) is -0.383. The smallest absolute Gasteiger partial charge is 0.255 e. The Hall–Kier alpha value is -2.21. The van der Waals surface area contributed by atoms with E-state index in [-0.39, 0.29) is 11.7 Å². The molecule has 0 spiro atoms. The predicted octanol–water partition coefficient (Wildman–Crippen LogP) is 3.62. The molecule has 0 aliphatic carbocycles. The minimum atomic E-state index is -0.290. The van der Waals surface area contributed by atoms with Gasteiger partial charge in [-0.25, -0.2) is 9.07 Å². The molecule has 146 valence electrons. The van der Waals surface area contributed by atoms with Crippen LogP contribution in [-0.2, 0) is 0 Å². The van der Waals surface area contributed by atoms with E-state index >= 15 is 0 Å². The van der Waals surface area contributed by atoms with Crippen molar-refractivity contribution in [3.63, 3.8) is 0 Å². The van der Waals surface area contributed by atoms with Crippen LogP contribution in [0.5, 0.6) is 0 Å².